The number of amides is 1. The fraction of sp³-hybridized carbons (Fsp3) is 0.632. The summed E-state index contributed by atoms with van der Waals surface area (Å²) in [6, 6.07) is 4.97. The van der Waals surface area contributed by atoms with Gasteiger partial charge < -0.3 is 20.1 Å². The molecule has 0 unspecified atom stereocenters. The van der Waals surface area contributed by atoms with Crippen LogP contribution in [-0.2, 0) is 11.3 Å². The maximum Gasteiger partial charge on any atom is 0.387 e. The number of hydrogen-bond donors (Lipinski definition) is 2. The Hall–Kier alpha value is -1.89. The van der Waals surface area contributed by atoms with Crippen molar-refractivity contribution in [3.63, 3.8) is 0 Å². The number of carbonyl (C=O) groups is 1. The SMILES string of the molecule is CCOc1cccc(CNC(=O)[C@@]23CCCC[C@H]2CNC3)c1OC(F)F. The Bertz CT molecular complexity index is 641. The number of ether oxygens (including phenoxy) is 2. The maximum absolute atomic E-state index is 12.9. The van der Waals surface area contributed by atoms with E-state index in [0.717, 1.165) is 32.2 Å². The van der Waals surface area contributed by atoms with Crippen LogP contribution in [0.5, 0.6) is 11.5 Å². The molecule has 2 N–H and O–H groups in total. The Balaban J connectivity index is 1.74. The van der Waals surface area contributed by atoms with E-state index in [9.17, 15) is 13.6 Å². The molecule has 0 aromatic heterocycles. The molecule has 2 aliphatic rings. The summed E-state index contributed by atoms with van der Waals surface area (Å²) < 4.78 is 35.7. The molecular formula is C19H26F2N2O3. The number of halogens is 2. The molecule has 0 spiro atoms. The van der Waals surface area contributed by atoms with Crippen molar-refractivity contribution in [2.75, 3.05) is 19.7 Å². The lowest BCUT2D eigenvalue weighted by molar-refractivity contribution is -0.134. The molecule has 1 aliphatic heterocycles. The van der Waals surface area contributed by atoms with E-state index in [1.807, 2.05) is 0 Å². The van der Waals surface area contributed by atoms with Gasteiger partial charge in [0.15, 0.2) is 11.5 Å². The molecule has 2 fully saturated rings. The summed E-state index contributed by atoms with van der Waals surface area (Å²) in [7, 11) is 0. The highest BCUT2D eigenvalue weighted by molar-refractivity contribution is 5.84. The van der Waals surface area contributed by atoms with Gasteiger partial charge in [-0.1, -0.05) is 25.0 Å². The molecule has 26 heavy (non-hydrogen) atoms. The van der Waals surface area contributed by atoms with Crippen molar-refractivity contribution in [1.29, 1.82) is 0 Å². The van der Waals surface area contributed by atoms with Gasteiger partial charge in [0.25, 0.3) is 0 Å². The van der Waals surface area contributed by atoms with Crippen molar-refractivity contribution in [2.24, 2.45) is 11.3 Å². The van der Waals surface area contributed by atoms with Crippen LogP contribution in [0.4, 0.5) is 8.78 Å². The average molecular weight is 368 g/mol. The number of benzene rings is 1. The standard InChI is InChI=1S/C19H26F2N2O3/c1-2-25-15-8-5-6-13(16(15)26-18(20)21)10-23-17(24)19-9-4-3-7-14(19)11-22-12-19/h5-6,8,14,18,22H,2-4,7,9-12H2,1H3,(H,23,24)/t14-,19+/m0/s1. The van der Waals surface area contributed by atoms with Gasteiger partial charge in [-0.15, -0.1) is 0 Å². The minimum absolute atomic E-state index is 0.00277. The van der Waals surface area contributed by atoms with Gasteiger partial charge in [-0.3, -0.25) is 4.79 Å². The number of carbonyl (C=O) groups excluding carboxylic acids is 1. The van der Waals surface area contributed by atoms with Crippen molar-refractivity contribution in [1.82, 2.24) is 10.6 Å². The van der Waals surface area contributed by atoms with Crippen LogP contribution in [0.25, 0.3) is 0 Å². The number of alkyl halides is 2. The lowest BCUT2D eigenvalue weighted by Gasteiger charge is -2.37. The molecule has 1 saturated heterocycles. The molecule has 0 bridgehead atoms. The van der Waals surface area contributed by atoms with Crippen LogP contribution in [0.3, 0.4) is 0 Å². The molecule has 3 rings (SSSR count). The van der Waals surface area contributed by atoms with E-state index in [4.69, 9.17) is 4.74 Å². The van der Waals surface area contributed by atoms with Crippen LogP contribution in [0.1, 0.15) is 38.2 Å². The monoisotopic (exact) mass is 368 g/mol. The molecule has 1 heterocycles. The minimum atomic E-state index is -2.95. The lowest BCUT2D eigenvalue weighted by atomic mass is 9.67. The van der Waals surface area contributed by atoms with Gasteiger partial charge in [-0.05, 0) is 38.3 Å². The number of rotatable bonds is 7. The van der Waals surface area contributed by atoms with Crippen molar-refractivity contribution in [3.8, 4) is 11.5 Å². The topological polar surface area (TPSA) is 59.6 Å². The number of para-hydroxylation sites is 1. The van der Waals surface area contributed by atoms with E-state index in [2.05, 4.69) is 15.4 Å². The highest BCUT2D eigenvalue weighted by atomic mass is 19.3. The van der Waals surface area contributed by atoms with E-state index < -0.39 is 6.61 Å². The highest BCUT2D eigenvalue weighted by Gasteiger charge is 2.49. The van der Waals surface area contributed by atoms with Crippen LogP contribution in [-0.4, -0.2) is 32.2 Å². The quantitative estimate of drug-likeness (QED) is 0.777. The van der Waals surface area contributed by atoms with Crippen LogP contribution < -0.4 is 20.1 Å². The summed E-state index contributed by atoms with van der Waals surface area (Å²) in [5, 5.41) is 6.30. The molecule has 7 heteroatoms. The van der Waals surface area contributed by atoms with Crippen LogP contribution in [0.15, 0.2) is 18.2 Å². The first-order chi connectivity index (χ1) is 12.6. The van der Waals surface area contributed by atoms with E-state index in [0.29, 0.717) is 24.6 Å². The van der Waals surface area contributed by atoms with Gasteiger partial charge in [0.2, 0.25) is 5.91 Å². The summed E-state index contributed by atoms with van der Waals surface area (Å²) in [6.07, 6.45) is 4.13. The molecule has 1 saturated carbocycles. The van der Waals surface area contributed by atoms with Crippen molar-refractivity contribution in [2.45, 2.75) is 45.8 Å². The molecule has 5 nitrogen and oxygen atoms in total. The first-order valence-electron chi connectivity index (χ1n) is 9.25. The number of nitrogens with one attached hydrogen (secondary N) is 2. The summed E-state index contributed by atoms with van der Waals surface area (Å²) in [5.74, 6) is 0.600. The van der Waals surface area contributed by atoms with E-state index in [-0.39, 0.29) is 29.4 Å². The first-order valence-corrected chi connectivity index (χ1v) is 9.25. The predicted molar refractivity (Wildman–Crippen MR) is 93.4 cm³/mol. The summed E-state index contributed by atoms with van der Waals surface area (Å²) in [5.41, 5.74) is 0.110. The van der Waals surface area contributed by atoms with Gasteiger partial charge in [0.05, 0.1) is 12.0 Å². The third-order valence-corrected chi connectivity index (χ3v) is 5.50. The molecule has 1 amide bonds. The number of hydrogen-bond acceptors (Lipinski definition) is 4. The smallest absolute Gasteiger partial charge is 0.387 e. The van der Waals surface area contributed by atoms with Crippen molar-refractivity contribution < 1.29 is 23.0 Å². The minimum Gasteiger partial charge on any atom is -0.490 e. The van der Waals surface area contributed by atoms with Gasteiger partial charge in [-0.25, -0.2) is 0 Å². The Morgan fingerprint density at radius 1 is 1.42 bits per heavy atom. The van der Waals surface area contributed by atoms with E-state index in [1.54, 1.807) is 25.1 Å². The molecule has 144 valence electrons. The normalized spacial score (nSPS) is 25.0. The Labute approximate surface area is 152 Å². The second kappa shape index (κ2) is 8.20. The Morgan fingerprint density at radius 2 is 2.27 bits per heavy atom. The van der Waals surface area contributed by atoms with Gasteiger partial charge in [0.1, 0.15) is 0 Å². The zero-order chi connectivity index (χ0) is 18.6. The van der Waals surface area contributed by atoms with E-state index >= 15 is 0 Å². The summed E-state index contributed by atoms with van der Waals surface area (Å²) in [6.45, 7) is 0.847. The molecule has 2 atom stereocenters. The Kier molecular flexibility index (Phi) is 5.96. The molecule has 0 radical (unpaired) electrons. The zero-order valence-corrected chi connectivity index (χ0v) is 15.0. The van der Waals surface area contributed by atoms with Gasteiger partial charge in [0, 0.05) is 18.7 Å². The molecule has 1 aromatic carbocycles. The van der Waals surface area contributed by atoms with Crippen molar-refractivity contribution in [3.05, 3.63) is 23.8 Å². The Morgan fingerprint density at radius 3 is 3.04 bits per heavy atom. The third-order valence-electron chi connectivity index (χ3n) is 5.50. The third kappa shape index (κ3) is 3.77. The molecular weight excluding hydrogens is 342 g/mol. The maximum atomic E-state index is 12.9. The fourth-order valence-corrected chi connectivity index (χ4v) is 4.23. The van der Waals surface area contributed by atoms with Crippen molar-refractivity contribution >= 4 is 5.91 Å². The molecule has 1 aromatic rings. The van der Waals surface area contributed by atoms with Gasteiger partial charge >= 0.3 is 6.61 Å². The second-order valence-electron chi connectivity index (χ2n) is 6.97. The average Bonchev–Trinajstić information content (AvgIpc) is 3.07. The van der Waals surface area contributed by atoms with Crippen LogP contribution >= 0.6 is 0 Å². The van der Waals surface area contributed by atoms with Crippen LogP contribution in [0.2, 0.25) is 0 Å². The first kappa shape index (κ1) is 18.9. The van der Waals surface area contributed by atoms with Gasteiger partial charge in [-0.2, -0.15) is 8.78 Å². The zero-order valence-electron chi connectivity index (χ0n) is 15.0. The number of fused-ring (bicyclic) bond motifs is 1. The van der Waals surface area contributed by atoms with E-state index in [1.165, 1.54) is 0 Å². The second-order valence-corrected chi connectivity index (χ2v) is 6.97. The molecule has 1 aliphatic carbocycles. The largest absolute Gasteiger partial charge is 0.490 e. The summed E-state index contributed by atoms with van der Waals surface area (Å²) >= 11 is 0. The highest BCUT2D eigenvalue weighted by Crippen LogP contribution is 2.44. The van der Waals surface area contributed by atoms with Crippen LogP contribution in [0, 0.1) is 11.3 Å². The predicted octanol–water partition coefficient (Wildman–Crippen LogP) is 3.08. The lowest BCUT2D eigenvalue weighted by Crippen LogP contribution is -2.47. The fourth-order valence-electron chi connectivity index (χ4n) is 4.23. The summed E-state index contributed by atoms with van der Waals surface area (Å²) in [4.78, 5) is 12.9.